The molecule has 2 atom stereocenters. The molecular weight excluding hydrogens is 275 g/mol. The van der Waals surface area contributed by atoms with E-state index < -0.39 is 0 Å². The van der Waals surface area contributed by atoms with Crippen LogP contribution in [0.1, 0.15) is 26.0 Å². The first-order valence-corrected chi connectivity index (χ1v) is 6.28. The SMILES string of the molecule is CC(Cl)CC(C)NCc1ccc(Br)cn1. The van der Waals surface area contributed by atoms with Gasteiger partial charge in [-0.3, -0.25) is 4.98 Å². The summed E-state index contributed by atoms with van der Waals surface area (Å²) >= 11 is 9.27. The van der Waals surface area contributed by atoms with E-state index in [9.17, 15) is 0 Å². The number of halogens is 2. The van der Waals surface area contributed by atoms with Gasteiger partial charge in [-0.05, 0) is 48.3 Å². The molecule has 4 heteroatoms. The highest BCUT2D eigenvalue weighted by atomic mass is 79.9. The lowest BCUT2D eigenvalue weighted by Gasteiger charge is -2.14. The number of rotatable bonds is 5. The highest BCUT2D eigenvalue weighted by Crippen LogP contribution is 2.08. The molecule has 2 nitrogen and oxygen atoms in total. The summed E-state index contributed by atoms with van der Waals surface area (Å²) in [5.74, 6) is 0. The number of hydrogen-bond donors (Lipinski definition) is 1. The lowest BCUT2D eigenvalue weighted by atomic mass is 10.2. The minimum atomic E-state index is 0.213. The van der Waals surface area contributed by atoms with Crippen molar-refractivity contribution in [1.29, 1.82) is 0 Å². The van der Waals surface area contributed by atoms with Crippen LogP contribution >= 0.6 is 27.5 Å². The van der Waals surface area contributed by atoms with Crippen LogP contribution < -0.4 is 5.32 Å². The van der Waals surface area contributed by atoms with Crippen molar-refractivity contribution >= 4 is 27.5 Å². The topological polar surface area (TPSA) is 24.9 Å². The molecule has 2 unspecified atom stereocenters. The van der Waals surface area contributed by atoms with Gasteiger partial charge in [0.2, 0.25) is 0 Å². The summed E-state index contributed by atoms with van der Waals surface area (Å²) in [6, 6.07) is 4.43. The average Bonchev–Trinajstić information content (AvgIpc) is 2.16. The minimum Gasteiger partial charge on any atom is -0.309 e. The van der Waals surface area contributed by atoms with Crippen molar-refractivity contribution in [3.63, 3.8) is 0 Å². The molecule has 15 heavy (non-hydrogen) atoms. The largest absolute Gasteiger partial charge is 0.309 e. The van der Waals surface area contributed by atoms with E-state index in [4.69, 9.17) is 11.6 Å². The zero-order valence-corrected chi connectivity index (χ0v) is 11.3. The maximum absolute atomic E-state index is 5.91. The molecule has 1 aromatic rings. The van der Waals surface area contributed by atoms with Crippen molar-refractivity contribution in [2.24, 2.45) is 0 Å². The van der Waals surface area contributed by atoms with Gasteiger partial charge in [0.15, 0.2) is 0 Å². The molecule has 0 aliphatic heterocycles. The van der Waals surface area contributed by atoms with Gasteiger partial charge in [0.1, 0.15) is 0 Å². The molecule has 0 radical (unpaired) electrons. The number of aromatic nitrogens is 1. The van der Waals surface area contributed by atoms with Gasteiger partial charge in [0, 0.05) is 28.6 Å². The molecular formula is C11H16BrClN2. The number of nitrogens with one attached hydrogen (secondary N) is 1. The van der Waals surface area contributed by atoms with E-state index in [1.54, 1.807) is 0 Å². The predicted molar refractivity (Wildman–Crippen MR) is 68.2 cm³/mol. The van der Waals surface area contributed by atoms with Crippen molar-refractivity contribution in [1.82, 2.24) is 10.3 Å². The first-order valence-electron chi connectivity index (χ1n) is 5.06. The summed E-state index contributed by atoms with van der Waals surface area (Å²) in [4.78, 5) is 4.29. The van der Waals surface area contributed by atoms with E-state index in [1.807, 2.05) is 25.3 Å². The Morgan fingerprint density at radius 1 is 1.47 bits per heavy atom. The van der Waals surface area contributed by atoms with Crippen LogP contribution in [0, 0.1) is 0 Å². The molecule has 0 bridgehead atoms. The molecule has 1 rings (SSSR count). The standard InChI is InChI=1S/C11H16BrClN2/c1-8(13)5-9(2)14-7-11-4-3-10(12)6-15-11/h3-4,6,8-9,14H,5,7H2,1-2H3. The maximum atomic E-state index is 5.91. The van der Waals surface area contributed by atoms with Gasteiger partial charge in [-0.1, -0.05) is 0 Å². The molecule has 0 saturated heterocycles. The zero-order chi connectivity index (χ0) is 11.3. The normalized spacial score (nSPS) is 14.9. The fraction of sp³-hybridized carbons (Fsp3) is 0.545. The monoisotopic (exact) mass is 290 g/mol. The highest BCUT2D eigenvalue weighted by Gasteiger charge is 2.05. The van der Waals surface area contributed by atoms with Gasteiger partial charge in [-0.2, -0.15) is 0 Å². The third kappa shape index (κ3) is 5.50. The van der Waals surface area contributed by atoms with E-state index in [-0.39, 0.29) is 5.38 Å². The van der Waals surface area contributed by atoms with E-state index in [0.717, 1.165) is 23.1 Å². The smallest absolute Gasteiger partial charge is 0.0542 e. The molecule has 0 fully saturated rings. The molecule has 0 spiro atoms. The first-order chi connectivity index (χ1) is 7.08. The molecule has 0 saturated carbocycles. The Labute approximate surface area is 105 Å². The number of nitrogens with zero attached hydrogens (tertiary/aromatic N) is 1. The second-order valence-corrected chi connectivity index (χ2v) is 5.43. The van der Waals surface area contributed by atoms with Crippen LogP contribution in [0.5, 0.6) is 0 Å². The Bertz CT molecular complexity index is 287. The van der Waals surface area contributed by atoms with Crippen LogP contribution in [0.4, 0.5) is 0 Å². The van der Waals surface area contributed by atoms with E-state index in [1.165, 1.54) is 0 Å². The van der Waals surface area contributed by atoms with Gasteiger partial charge in [-0.15, -0.1) is 11.6 Å². The molecule has 0 aliphatic carbocycles. The van der Waals surface area contributed by atoms with Crippen LogP contribution in [0.2, 0.25) is 0 Å². The predicted octanol–water partition coefficient (Wildman–Crippen LogP) is 3.34. The summed E-state index contributed by atoms with van der Waals surface area (Å²) in [6.45, 7) is 4.94. The Hall–Kier alpha value is -0.120. The summed E-state index contributed by atoms with van der Waals surface area (Å²) in [5.41, 5.74) is 1.05. The van der Waals surface area contributed by atoms with Crippen LogP contribution in [0.25, 0.3) is 0 Å². The van der Waals surface area contributed by atoms with Gasteiger partial charge >= 0.3 is 0 Å². The van der Waals surface area contributed by atoms with Crippen LogP contribution in [0.15, 0.2) is 22.8 Å². The van der Waals surface area contributed by atoms with Crippen LogP contribution in [-0.4, -0.2) is 16.4 Å². The van der Waals surface area contributed by atoms with Crippen LogP contribution in [-0.2, 0) is 6.54 Å². The summed E-state index contributed by atoms with van der Waals surface area (Å²) in [5, 5.41) is 3.60. The van der Waals surface area contributed by atoms with Crippen molar-refractivity contribution in [2.75, 3.05) is 0 Å². The third-order valence-electron chi connectivity index (χ3n) is 2.10. The van der Waals surface area contributed by atoms with Crippen molar-refractivity contribution < 1.29 is 0 Å². The lowest BCUT2D eigenvalue weighted by molar-refractivity contribution is 0.507. The molecule has 1 N–H and O–H groups in total. The Morgan fingerprint density at radius 3 is 2.73 bits per heavy atom. The van der Waals surface area contributed by atoms with Gasteiger partial charge in [-0.25, -0.2) is 0 Å². The Kier molecular flexibility index (Phi) is 5.58. The maximum Gasteiger partial charge on any atom is 0.0542 e. The number of pyridine rings is 1. The molecule has 0 amide bonds. The quantitative estimate of drug-likeness (QED) is 0.842. The fourth-order valence-electron chi connectivity index (χ4n) is 1.36. The van der Waals surface area contributed by atoms with Gasteiger partial charge in [0.05, 0.1) is 5.69 Å². The molecule has 0 aromatic carbocycles. The zero-order valence-electron chi connectivity index (χ0n) is 9.00. The van der Waals surface area contributed by atoms with Crippen molar-refractivity contribution in [2.45, 2.75) is 38.2 Å². The average molecular weight is 292 g/mol. The van der Waals surface area contributed by atoms with E-state index in [2.05, 4.69) is 33.2 Å². The molecule has 0 aliphatic rings. The fourth-order valence-corrected chi connectivity index (χ4v) is 1.86. The van der Waals surface area contributed by atoms with E-state index >= 15 is 0 Å². The summed E-state index contributed by atoms with van der Waals surface area (Å²) in [6.07, 6.45) is 2.78. The van der Waals surface area contributed by atoms with Crippen molar-refractivity contribution in [3.8, 4) is 0 Å². The van der Waals surface area contributed by atoms with Crippen molar-refractivity contribution in [3.05, 3.63) is 28.5 Å². The second kappa shape index (κ2) is 6.46. The molecule has 84 valence electrons. The van der Waals surface area contributed by atoms with E-state index in [0.29, 0.717) is 6.04 Å². The Balaban J connectivity index is 2.33. The van der Waals surface area contributed by atoms with Gasteiger partial charge < -0.3 is 5.32 Å². The molecule has 1 heterocycles. The lowest BCUT2D eigenvalue weighted by Crippen LogP contribution is -2.27. The molecule has 1 aromatic heterocycles. The Morgan fingerprint density at radius 2 is 2.20 bits per heavy atom. The summed E-state index contributed by atoms with van der Waals surface area (Å²) in [7, 11) is 0. The third-order valence-corrected chi connectivity index (χ3v) is 2.75. The minimum absolute atomic E-state index is 0.213. The number of hydrogen-bond acceptors (Lipinski definition) is 2. The number of alkyl halides is 1. The van der Waals surface area contributed by atoms with Gasteiger partial charge in [0.25, 0.3) is 0 Å². The second-order valence-electron chi connectivity index (χ2n) is 3.77. The first kappa shape index (κ1) is 12.9. The highest BCUT2D eigenvalue weighted by molar-refractivity contribution is 9.10. The summed E-state index contributed by atoms with van der Waals surface area (Å²) < 4.78 is 1.01. The van der Waals surface area contributed by atoms with Crippen LogP contribution in [0.3, 0.4) is 0 Å².